The van der Waals surface area contributed by atoms with E-state index in [9.17, 15) is 14.0 Å². The third-order valence-corrected chi connectivity index (χ3v) is 6.15. The first-order valence-electron chi connectivity index (χ1n) is 10.0. The van der Waals surface area contributed by atoms with Crippen LogP contribution in [-0.4, -0.2) is 40.1 Å². The number of halogens is 1. The molecule has 2 N–H and O–H groups in total. The van der Waals surface area contributed by atoms with Gasteiger partial charge >= 0.3 is 6.03 Å². The minimum atomic E-state index is -0.389. The van der Waals surface area contributed by atoms with E-state index in [1.165, 1.54) is 35.6 Å². The molecule has 1 fully saturated rings. The van der Waals surface area contributed by atoms with E-state index in [0.717, 1.165) is 29.1 Å². The molecule has 0 radical (unpaired) electrons. The van der Waals surface area contributed by atoms with Crippen LogP contribution >= 0.6 is 11.3 Å². The molecule has 0 spiro atoms. The molecule has 1 aliphatic heterocycles. The first-order valence-corrected chi connectivity index (χ1v) is 10.8. The van der Waals surface area contributed by atoms with Gasteiger partial charge in [-0.2, -0.15) is 0 Å². The molecular weight excluding hydrogens is 417 g/mol. The van der Waals surface area contributed by atoms with Crippen molar-refractivity contribution in [2.45, 2.75) is 25.7 Å². The molecule has 2 aromatic carbocycles. The molecule has 0 aliphatic carbocycles. The lowest BCUT2D eigenvalue weighted by molar-refractivity contribution is 0.102. The van der Waals surface area contributed by atoms with Gasteiger partial charge in [0.25, 0.3) is 5.91 Å². The fourth-order valence-corrected chi connectivity index (χ4v) is 4.36. The van der Waals surface area contributed by atoms with E-state index in [0.29, 0.717) is 18.8 Å². The number of hydrogen-bond donors (Lipinski definition) is 2. The molecule has 1 aromatic heterocycles. The number of benzene rings is 2. The Labute approximate surface area is 183 Å². The Hall–Kier alpha value is -3.33. The van der Waals surface area contributed by atoms with Crippen molar-refractivity contribution in [3.63, 3.8) is 0 Å². The number of likely N-dealkylation sites (tertiary alicyclic amines) is 1. The Kier molecular flexibility index (Phi) is 6.22. The number of piperidine rings is 1. The lowest BCUT2D eigenvalue weighted by Gasteiger charge is -2.31. The number of rotatable bonds is 4. The molecule has 1 saturated heterocycles. The van der Waals surface area contributed by atoms with Crippen molar-refractivity contribution in [1.82, 2.24) is 15.1 Å². The molecule has 1 aliphatic rings. The predicted octanol–water partition coefficient (Wildman–Crippen LogP) is 4.65. The van der Waals surface area contributed by atoms with Crippen molar-refractivity contribution in [3.8, 4) is 0 Å². The molecule has 0 saturated carbocycles. The molecule has 31 heavy (non-hydrogen) atoms. The molecule has 160 valence electrons. The third kappa shape index (κ3) is 5.24. The summed E-state index contributed by atoms with van der Waals surface area (Å²) < 4.78 is 13.0. The Morgan fingerprint density at radius 3 is 2.68 bits per heavy atom. The van der Waals surface area contributed by atoms with Gasteiger partial charge in [-0.05, 0) is 61.7 Å². The first-order chi connectivity index (χ1) is 15.0. The maximum absolute atomic E-state index is 13.0. The van der Waals surface area contributed by atoms with Crippen LogP contribution in [0.1, 0.15) is 39.1 Å². The highest BCUT2D eigenvalue weighted by Gasteiger charge is 2.28. The zero-order valence-electron chi connectivity index (χ0n) is 17.0. The maximum atomic E-state index is 13.0. The average Bonchev–Trinajstić information content (AvgIpc) is 3.26. The topological polar surface area (TPSA) is 87.2 Å². The van der Waals surface area contributed by atoms with Crippen LogP contribution in [0.3, 0.4) is 0 Å². The van der Waals surface area contributed by atoms with E-state index in [2.05, 4.69) is 20.8 Å². The second kappa shape index (κ2) is 9.22. The second-order valence-electron chi connectivity index (χ2n) is 7.49. The molecule has 3 aromatic rings. The van der Waals surface area contributed by atoms with Crippen LogP contribution in [0.5, 0.6) is 0 Å². The molecule has 1 atom stereocenters. The monoisotopic (exact) mass is 439 g/mol. The van der Waals surface area contributed by atoms with Crippen LogP contribution in [0.4, 0.5) is 20.6 Å². The third-order valence-electron chi connectivity index (χ3n) is 5.06. The summed E-state index contributed by atoms with van der Waals surface area (Å²) in [6, 6.07) is 13.1. The molecule has 7 nitrogen and oxygen atoms in total. The Bertz CT molecular complexity index is 1090. The number of carbonyl (C=O) groups excluding carboxylic acids is 2. The van der Waals surface area contributed by atoms with Gasteiger partial charge in [0.05, 0.1) is 0 Å². The SMILES string of the molecule is Cc1cccc(NC(=O)N2CCCC(c3nnc(C(=O)Nc4ccc(F)cc4)s3)C2)c1. The summed E-state index contributed by atoms with van der Waals surface area (Å²) in [5.41, 5.74) is 2.33. The summed E-state index contributed by atoms with van der Waals surface area (Å²) in [5, 5.41) is 14.8. The molecular formula is C22H22FN5O2S. The minimum absolute atomic E-state index is 0.0295. The second-order valence-corrected chi connectivity index (χ2v) is 8.50. The van der Waals surface area contributed by atoms with Crippen molar-refractivity contribution in [3.05, 3.63) is 69.9 Å². The molecule has 9 heteroatoms. The van der Waals surface area contributed by atoms with E-state index in [1.54, 1.807) is 4.90 Å². The van der Waals surface area contributed by atoms with Gasteiger partial charge in [-0.1, -0.05) is 23.5 Å². The number of amides is 3. The summed E-state index contributed by atoms with van der Waals surface area (Å²) in [5.74, 6) is -0.730. The van der Waals surface area contributed by atoms with Gasteiger partial charge in [0.1, 0.15) is 10.8 Å². The summed E-state index contributed by atoms with van der Waals surface area (Å²) in [6.07, 6.45) is 1.73. The van der Waals surface area contributed by atoms with Crippen LogP contribution in [0.15, 0.2) is 48.5 Å². The molecule has 4 rings (SSSR count). The van der Waals surface area contributed by atoms with Gasteiger partial charge in [0, 0.05) is 30.4 Å². The van der Waals surface area contributed by atoms with Gasteiger partial charge in [0.15, 0.2) is 0 Å². The first kappa shape index (κ1) is 20.9. The number of nitrogens with one attached hydrogen (secondary N) is 2. The smallest absolute Gasteiger partial charge is 0.321 e. The maximum Gasteiger partial charge on any atom is 0.321 e. The van der Waals surface area contributed by atoms with Gasteiger partial charge in [-0.3, -0.25) is 4.79 Å². The highest BCUT2D eigenvalue weighted by Crippen LogP contribution is 2.29. The highest BCUT2D eigenvalue weighted by molar-refractivity contribution is 7.13. The lowest BCUT2D eigenvalue weighted by atomic mass is 9.99. The van der Waals surface area contributed by atoms with Crippen molar-refractivity contribution in [1.29, 1.82) is 0 Å². The molecule has 1 unspecified atom stereocenters. The average molecular weight is 440 g/mol. The summed E-state index contributed by atoms with van der Waals surface area (Å²) in [6.45, 7) is 3.17. The van der Waals surface area contributed by atoms with Crippen molar-refractivity contribution >= 4 is 34.6 Å². The van der Waals surface area contributed by atoms with Crippen molar-refractivity contribution < 1.29 is 14.0 Å². The normalized spacial score (nSPS) is 16.1. The number of aryl methyl sites for hydroxylation is 1. The van der Waals surface area contributed by atoms with Crippen LogP contribution in [0, 0.1) is 12.7 Å². The Morgan fingerprint density at radius 1 is 1.10 bits per heavy atom. The van der Waals surface area contributed by atoms with E-state index in [1.807, 2.05) is 31.2 Å². The zero-order chi connectivity index (χ0) is 21.8. The fraction of sp³-hybridized carbons (Fsp3) is 0.273. The van der Waals surface area contributed by atoms with Crippen molar-refractivity contribution in [2.75, 3.05) is 23.7 Å². The number of hydrogen-bond acceptors (Lipinski definition) is 5. The number of urea groups is 1. The number of carbonyl (C=O) groups is 2. The number of anilines is 2. The van der Waals surface area contributed by atoms with Gasteiger partial charge < -0.3 is 15.5 Å². The number of nitrogens with zero attached hydrogens (tertiary/aromatic N) is 3. The zero-order valence-corrected chi connectivity index (χ0v) is 17.8. The van der Waals surface area contributed by atoms with Crippen LogP contribution < -0.4 is 10.6 Å². The van der Waals surface area contributed by atoms with Crippen LogP contribution in [0.25, 0.3) is 0 Å². The summed E-state index contributed by atoms with van der Waals surface area (Å²) >= 11 is 1.22. The summed E-state index contributed by atoms with van der Waals surface area (Å²) in [4.78, 5) is 26.9. The molecule has 0 bridgehead atoms. The largest absolute Gasteiger partial charge is 0.324 e. The minimum Gasteiger partial charge on any atom is -0.324 e. The fourth-order valence-electron chi connectivity index (χ4n) is 3.50. The number of aromatic nitrogens is 2. The van der Waals surface area contributed by atoms with E-state index < -0.39 is 0 Å². The van der Waals surface area contributed by atoms with Crippen LogP contribution in [-0.2, 0) is 0 Å². The molecule has 2 heterocycles. The standard InChI is InChI=1S/C22H22FN5O2S/c1-14-4-2-6-18(12-14)25-22(30)28-11-3-5-15(13-28)20-26-27-21(31-20)19(29)24-17-9-7-16(23)8-10-17/h2,4,6-10,12,15H,3,5,11,13H2,1H3,(H,24,29)(H,25,30). The van der Waals surface area contributed by atoms with Crippen LogP contribution in [0.2, 0.25) is 0 Å². The van der Waals surface area contributed by atoms with E-state index in [-0.39, 0.29) is 28.7 Å². The van der Waals surface area contributed by atoms with Gasteiger partial charge in [-0.15, -0.1) is 10.2 Å². The Morgan fingerprint density at radius 2 is 1.90 bits per heavy atom. The molecule has 3 amide bonds. The van der Waals surface area contributed by atoms with Gasteiger partial charge in [0.2, 0.25) is 5.01 Å². The lowest BCUT2D eigenvalue weighted by Crippen LogP contribution is -2.41. The Balaban J connectivity index is 1.38. The highest BCUT2D eigenvalue weighted by atomic mass is 32.1. The van der Waals surface area contributed by atoms with E-state index in [4.69, 9.17) is 0 Å². The summed E-state index contributed by atoms with van der Waals surface area (Å²) in [7, 11) is 0. The van der Waals surface area contributed by atoms with Gasteiger partial charge in [-0.25, -0.2) is 9.18 Å². The van der Waals surface area contributed by atoms with Crippen molar-refractivity contribution in [2.24, 2.45) is 0 Å². The van der Waals surface area contributed by atoms with E-state index >= 15 is 0 Å². The predicted molar refractivity (Wildman–Crippen MR) is 118 cm³/mol. The quantitative estimate of drug-likeness (QED) is 0.620.